The van der Waals surface area contributed by atoms with Crippen LogP contribution in [0.3, 0.4) is 0 Å². The van der Waals surface area contributed by atoms with Crippen molar-refractivity contribution in [2.75, 3.05) is 11.9 Å². The zero-order chi connectivity index (χ0) is 12.7. The maximum absolute atomic E-state index is 12.3. The number of benzene rings is 1. The predicted molar refractivity (Wildman–Crippen MR) is 54.4 cm³/mol. The Morgan fingerprint density at radius 2 is 1.88 bits per heavy atom. The van der Waals surface area contributed by atoms with E-state index in [1.807, 2.05) is 0 Å². The number of hydrogen-bond acceptors (Lipinski definition) is 2. The molecule has 0 spiro atoms. The molecule has 6 heteroatoms. The van der Waals surface area contributed by atoms with Gasteiger partial charge in [-0.3, -0.25) is 4.79 Å². The van der Waals surface area contributed by atoms with E-state index in [-0.39, 0.29) is 5.91 Å². The van der Waals surface area contributed by atoms with Gasteiger partial charge in [0.25, 0.3) is 5.91 Å². The molecule has 1 unspecified atom stereocenters. The van der Waals surface area contributed by atoms with E-state index in [1.54, 1.807) is 6.92 Å². The number of carbonyl (C=O) groups excluding carboxylic acids is 1. The minimum absolute atomic E-state index is 0.319. The van der Waals surface area contributed by atoms with E-state index in [4.69, 9.17) is 4.74 Å². The van der Waals surface area contributed by atoms with E-state index in [0.717, 1.165) is 12.1 Å². The molecule has 1 amide bonds. The van der Waals surface area contributed by atoms with Crippen molar-refractivity contribution in [3.05, 3.63) is 29.8 Å². The van der Waals surface area contributed by atoms with Crippen molar-refractivity contribution in [1.82, 2.24) is 0 Å². The third kappa shape index (κ3) is 2.58. The minimum atomic E-state index is -4.37. The fourth-order valence-corrected chi connectivity index (χ4v) is 1.25. The Morgan fingerprint density at radius 1 is 1.35 bits per heavy atom. The largest absolute Gasteiger partial charge is 0.416 e. The van der Waals surface area contributed by atoms with Gasteiger partial charge in [-0.15, -0.1) is 0 Å². The van der Waals surface area contributed by atoms with Crippen molar-refractivity contribution < 1.29 is 22.7 Å². The van der Waals surface area contributed by atoms with Crippen LogP contribution in [0.25, 0.3) is 0 Å². The first-order valence-electron chi connectivity index (χ1n) is 4.94. The molecular formula is C11H10F3NO2. The maximum Gasteiger partial charge on any atom is 0.416 e. The molecule has 1 heterocycles. The Hall–Kier alpha value is -1.56. The number of epoxide rings is 1. The van der Waals surface area contributed by atoms with Crippen LogP contribution in [0.15, 0.2) is 24.3 Å². The molecular weight excluding hydrogens is 235 g/mol. The van der Waals surface area contributed by atoms with Crippen LogP contribution in [-0.2, 0) is 15.7 Å². The standard InChI is InChI=1S/C11H10F3NO2/c1-10(6-17-10)9(16)15-8-4-2-7(3-5-8)11(12,13)14/h2-5H,6H2,1H3,(H,15,16). The minimum Gasteiger partial charge on any atom is -0.359 e. The molecule has 3 nitrogen and oxygen atoms in total. The van der Waals surface area contributed by atoms with Gasteiger partial charge in [0.1, 0.15) is 0 Å². The first-order valence-corrected chi connectivity index (χ1v) is 4.94. The molecule has 1 saturated heterocycles. The summed E-state index contributed by atoms with van der Waals surface area (Å²) in [5, 5.41) is 2.49. The van der Waals surface area contributed by atoms with Gasteiger partial charge in [0.05, 0.1) is 12.2 Å². The molecule has 0 bridgehead atoms. The molecule has 1 N–H and O–H groups in total. The van der Waals surface area contributed by atoms with E-state index < -0.39 is 17.3 Å². The third-order valence-corrected chi connectivity index (χ3v) is 2.53. The van der Waals surface area contributed by atoms with Crippen LogP contribution in [0.4, 0.5) is 18.9 Å². The van der Waals surface area contributed by atoms with E-state index in [1.165, 1.54) is 12.1 Å². The number of hydrogen-bond donors (Lipinski definition) is 1. The predicted octanol–water partition coefficient (Wildman–Crippen LogP) is 2.43. The fourth-order valence-electron chi connectivity index (χ4n) is 1.25. The molecule has 0 saturated carbocycles. The van der Waals surface area contributed by atoms with Crippen molar-refractivity contribution in [3.8, 4) is 0 Å². The summed E-state index contributed by atoms with van der Waals surface area (Å²) < 4.78 is 41.7. The fraction of sp³-hybridized carbons (Fsp3) is 0.364. The van der Waals surface area contributed by atoms with E-state index in [0.29, 0.717) is 12.3 Å². The average molecular weight is 245 g/mol. The Kier molecular flexibility index (Phi) is 2.61. The zero-order valence-electron chi connectivity index (χ0n) is 8.97. The number of amides is 1. The van der Waals surface area contributed by atoms with Crippen LogP contribution in [0.5, 0.6) is 0 Å². The summed E-state index contributed by atoms with van der Waals surface area (Å²) in [5.41, 5.74) is -1.26. The van der Waals surface area contributed by atoms with E-state index in [9.17, 15) is 18.0 Å². The summed E-state index contributed by atoms with van der Waals surface area (Å²) in [5.74, 6) is -0.350. The van der Waals surface area contributed by atoms with Crippen LogP contribution in [0, 0.1) is 0 Å². The molecule has 1 atom stereocenters. The number of alkyl halides is 3. The monoisotopic (exact) mass is 245 g/mol. The topological polar surface area (TPSA) is 41.6 Å². The molecule has 0 radical (unpaired) electrons. The molecule has 1 fully saturated rings. The van der Waals surface area contributed by atoms with Gasteiger partial charge < -0.3 is 10.1 Å². The SMILES string of the molecule is CC1(C(=O)Nc2ccc(C(F)(F)F)cc2)CO1. The molecule has 1 aromatic rings. The molecule has 92 valence electrons. The van der Waals surface area contributed by atoms with Crippen LogP contribution in [0.2, 0.25) is 0 Å². The first-order chi connectivity index (χ1) is 7.81. The number of nitrogens with one attached hydrogen (secondary N) is 1. The second kappa shape index (κ2) is 3.73. The number of carbonyl (C=O) groups is 1. The van der Waals surface area contributed by atoms with Gasteiger partial charge in [-0.05, 0) is 31.2 Å². The number of rotatable bonds is 2. The molecule has 0 aromatic heterocycles. The Bertz CT molecular complexity index is 435. The van der Waals surface area contributed by atoms with Crippen molar-refractivity contribution in [2.45, 2.75) is 18.7 Å². The highest BCUT2D eigenvalue weighted by molar-refractivity contribution is 5.98. The Labute approximate surface area is 95.6 Å². The van der Waals surface area contributed by atoms with Crippen LogP contribution in [-0.4, -0.2) is 18.1 Å². The second-order valence-electron chi connectivity index (χ2n) is 4.05. The van der Waals surface area contributed by atoms with Gasteiger partial charge in [-0.25, -0.2) is 0 Å². The van der Waals surface area contributed by atoms with Gasteiger partial charge in [0, 0.05) is 5.69 Å². The number of ether oxygens (including phenoxy) is 1. The highest BCUT2D eigenvalue weighted by atomic mass is 19.4. The van der Waals surface area contributed by atoms with Crippen LogP contribution >= 0.6 is 0 Å². The van der Waals surface area contributed by atoms with Crippen LogP contribution < -0.4 is 5.32 Å². The quantitative estimate of drug-likeness (QED) is 0.813. The normalized spacial score (nSPS) is 23.3. The summed E-state index contributed by atoms with van der Waals surface area (Å²) in [6, 6.07) is 4.27. The lowest BCUT2D eigenvalue weighted by atomic mass is 10.1. The lowest BCUT2D eigenvalue weighted by molar-refractivity contribution is -0.137. The van der Waals surface area contributed by atoms with Gasteiger partial charge >= 0.3 is 6.18 Å². The molecule has 17 heavy (non-hydrogen) atoms. The Balaban J connectivity index is 2.06. The molecule has 1 aliphatic rings. The van der Waals surface area contributed by atoms with Crippen molar-refractivity contribution in [1.29, 1.82) is 0 Å². The Morgan fingerprint density at radius 3 is 2.29 bits per heavy atom. The highest BCUT2D eigenvalue weighted by Crippen LogP contribution is 2.31. The van der Waals surface area contributed by atoms with Crippen molar-refractivity contribution >= 4 is 11.6 Å². The molecule has 1 aliphatic heterocycles. The number of halogens is 3. The smallest absolute Gasteiger partial charge is 0.359 e. The summed E-state index contributed by atoms with van der Waals surface area (Å²) in [4.78, 5) is 11.5. The lowest BCUT2D eigenvalue weighted by Gasteiger charge is -2.10. The maximum atomic E-state index is 12.3. The average Bonchev–Trinajstić information content (AvgIpc) is 2.97. The third-order valence-electron chi connectivity index (χ3n) is 2.53. The molecule has 0 aliphatic carbocycles. The highest BCUT2D eigenvalue weighted by Gasteiger charge is 2.47. The lowest BCUT2D eigenvalue weighted by Crippen LogP contribution is -2.28. The zero-order valence-corrected chi connectivity index (χ0v) is 8.97. The van der Waals surface area contributed by atoms with Gasteiger partial charge in [0.15, 0.2) is 5.60 Å². The summed E-state index contributed by atoms with van der Waals surface area (Å²) in [7, 11) is 0. The van der Waals surface area contributed by atoms with E-state index >= 15 is 0 Å². The van der Waals surface area contributed by atoms with Gasteiger partial charge in [-0.1, -0.05) is 0 Å². The van der Waals surface area contributed by atoms with Crippen molar-refractivity contribution in [3.63, 3.8) is 0 Å². The second-order valence-corrected chi connectivity index (χ2v) is 4.05. The molecule has 2 rings (SSSR count). The number of anilines is 1. The van der Waals surface area contributed by atoms with Gasteiger partial charge in [0.2, 0.25) is 0 Å². The van der Waals surface area contributed by atoms with Crippen molar-refractivity contribution in [2.24, 2.45) is 0 Å². The summed E-state index contributed by atoms with van der Waals surface area (Å²) in [6.45, 7) is 1.95. The summed E-state index contributed by atoms with van der Waals surface area (Å²) in [6.07, 6.45) is -4.37. The van der Waals surface area contributed by atoms with Crippen LogP contribution in [0.1, 0.15) is 12.5 Å². The first kappa shape index (κ1) is 11.9. The summed E-state index contributed by atoms with van der Waals surface area (Å²) >= 11 is 0. The van der Waals surface area contributed by atoms with Gasteiger partial charge in [-0.2, -0.15) is 13.2 Å². The van der Waals surface area contributed by atoms with E-state index in [2.05, 4.69) is 5.32 Å². The molecule has 1 aromatic carbocycles.